The summed E-state index contributed by atoms with van der Waals surface area (Å²) in [5.74, 6) is 0. The summed E-state index contributed by atoms with van der Waals surface area (Å²) in [7, 11) is 0. The molecule has 0 aromatic carbocycles. The lowest BCUT2D eigenvalue weighted by molar-refractivity contribution is -0.145. The molecule has 0 heterocycles. The number of carbonyl (C=O) groups excluding carboxylic acids is 1. The van der Waals surface area contributed by atoms with E-state index in [1.54, 1.807) is 0 Å². The molecule has 0 atom stereocenters. The molecule has 12 heavy (non-hydrogen) atoms. The highest BCUT2D eigenvalue weighted by Gasteiger charge is 2.30. The van der Waals surface area contributed by atoms with Gasteiger partial charge < -0.3 is 5.11 Å². The van der Waals surface area contributed by atoms with Crippen molar-refractivity contribution in [2.75, 3.05) is 13.2 Å². The second-order valence-electron chi connectivity index (χ2n) is 1.89. The third-order valence-electron chi connectivity index (χ3n) is 0.820. The lowest BCUT2D eigenvalue weighted by atomic mass is 10.4. The number of amides is 2. The third kappa shape index (κ3) is 7.13. The Morgan fingerprint density at radius 1 is 1.50 bits per heavy atom. The van der Waals surface area contributed by atoms with Crippen LogP contribution in [0.15, 0.2) is 0 Å². The van der Waals surface area contributed by atoms with Crippen molar-refractivity contribution in [3.63, 3.8) is 0 Å². The summed E-state index contributed by atoms with van der Waals surface area (Å²) in [5, 5.41) is 11.9. The number of nitrogens with one attached hydrogen (secondary N) is 1. The molecule has 0 unspecified atom stereocenters. The van der Waals surface area contributed by atoms with Crippen molar-refractivity contribution in [3.05, 3.63) is 0 Å². The standard InChI is InChI=1S/C5H8F3N2O2/c6-5(7,8)10-4(12)9-2-1-3-11/h11H,1-3H2,(H,10,12). The normalized spacial score (nSPS) is 11.0. The minimum absolute atomic E-state index is 0.113. The van der Waals surface area contributed by atoms with E-state index >= 15 is 0 Å². The molecule has 0 aromatic rings. The van der Waals surface area contributed by atoms with Crippen molar-refractivity contribution in [1.29, 1.82) is 0 Å². The average Bonchev–Trinajstić information content (AvgIpc) is 1.84. The lowest BCUT2D eigenvalue weighted by Gasteiger charge is -2.06. The van der Waals surface area contributed by atoms with E-state index in [1.165, 1.54) is 0 Å². The predicted octanol–water partition coefficient (Wildman–Crippen LogP) is 0.203. The van der Waals surface area contributed by atoms with Gasteiger partial charge in [-0.05, 0) is 6.42 Å². The fourth-order valence-electron chi connectivity index (χ4n) is 0.412. The third-order valence-corrected chi connectivity index (χ3v) is 0.820. The molecule has 0 bridgehead atoms. The molecule has 0 spiro atoms. The SMILES string of the molecule is O=C([N]CCCO)NC(F)(F)F. The first-order chi connectivity index (χ1) is 5.45. The Labute approximate surface area is 66.8 Å². The maximum Gasteiger partial charge on any atom is 0.486 e. The van der Waals surface area contributed by atoms with E-state index in [0.717, 1.165) is 0 Å². The molecule has 1 radical (unpaired) electrons. The van der Waals surface area contributed by atoms with E-state index in [4.69, 9.17) is 5.11 Å². The Bertz CT molecular complexity index is 148. The van der Waals surface area contributed by atoms with Crippen molar-refractivity contribution in [3.8, 4) is 0 Å². The van der Waals surface area contributed by atoms with E-state index in [2.05, 4.69) is 5.32 Å². The van der Waals surface area contributed by atoms with Gasteiger partial charge in [0.25, 0.3) is 0 Å². The Kier molecular flexibility index (Phi) is 4.42. The van der Waals surface area contributed by atoms with E-state index in [-0.39, 0.29) is 19.6 Å². The summed E-state index contributed by atoms with van der Waals surface area (Å²) in [4.78, 5) is 10.3. The summed E-state index contributed by atoms with van der Waals surface area (Å²) < 4.78 is 34.1. The Balaban J connectivity index is 3.47. The molecule has 0 rings (SSSR count). The van der Waals surface area contributed by atoms with Crippen LogP contribution in [0.25, 0.3) is 0 Å². The highest BCUT2D eigenvalue weighted by Crippen LogP contribution is 2.08. The van der Waals surface area contributed by atoms with Gasteiger partial charge in [0.2, 0.25) is 0 Å². The van der Waals surface area contributed by atoms with Gasteiger partial charge >= 0.3 is 12.3 Å². The fraction of sp³-hybridized carbons (Fsp3) is 0.800. The van der Waals surface area contributed by atoms with Crippen LogP contribution in [0.4, 0.5) is 18.0 Å². The number of urea groups is 1. The molecule has 0 saturated carbocycles. The molecule has 0 aliphatic heterocycles. The molecule has 4 nitrogen and oxygen atoms in total. The zero-order valence-electron chi connectivity index (χ0n) is 6.06. The van der Waals surface area contributed by atoms with Crippen molar-refractivity contribution in [2.45, 2.75) is 12.7 Å². The first-order valence-electron chi connectivity index (χ1n) is 3.13. The van der Waals surface area contributed by atoms with E-state index in [1.807, 2.05) is 0 Å². The van der Waals surface area contributed by atoms with Crippen LogP contribution in [0.2, 0.25) is 0 Å². The number of halogens is 3. The second kappa shape index (κ2) is 4.81. The summed E-state index contributed by atoms with van der Waals surface area (Å²) in [6.07, 6.45) is -4.56. The molecule has 0 fully saturated rings. The van der Waals surface area contributed by atoms with Gasteiger partial charge in [0.15, 0.2) is 0 Å². The van der Waals surface area contributed by atoms with Crippen molar-refractivity contribution < 1.29 is 23.1 Å². The van der Waals surface area contributed by atoms with E-state index < -0.39 is 12.3 Å². The quantitative estimate of drug-likeness (QED) is 0.487. The highest BCUT2D eigenvalue weighted by atomic mass is 19.4. The predicted molar refractivity (Wildman–Crippen MR) is 33.3 cm³/mol. The average molecular weight is 185 g/mol. The summed E-state index contributed by atoms with van der Waals surface area (Å²) in [6, 6.07) is -1.43. The van der Waals surface area contributed by atoms with Gasteiger partial charge in [-0.2, -0.15) is 13.2 Å². The lowest BCUT2D eigenvalue weighted by Crippen LogP contribution is -2.41. The fourth-order valence-corrected chi connectivity index (χ4v) is 0.412. The van der Waals surface area contributed by atoms with Gasteiger partial charge in [0, 0.05) is 13.2 Å². The van der Waals surface area contributed by atoms with E-state index in [0.29, 0.717) is 5.32 Å². The van der Waals surface area contributed by atoms with Gasteiger partial charge in [-0.3, -0.25) is 0 Å². The molecular formula is C5H8F3N2O2. The zero-order chi connectivity index (χ0) is 9.61. The van der Waals surface area contributed by atoms with Gasteiger partial charge in [-0.1, -0.05) is 0 Å². The smallest absolute Gasteiger partial charge is 0.396 e. The molecule has 0 aliphatic carbocycles. The van der Waals surface area contributed by atoms with Crippen LogP contribution in [0.5, 0.6) is 0 Å². The molecule has 0 aromatic heterocycles. The number of rotatable bonds is 3. The first kappa shape index (κ1) is 11.0. The minimum atomic E-state index is -4.74. The Morgan fingerprint density at radius 2 is 2.08 bits per heavy atom. The molecular weight excluding hydrogens is 177 g/mol. The molecule has 2 amide bonds. The summed E-state index contributed by atoms with van der Waals surface area (Å²) in [6.45, 7) is -0.318. The van der Waals surface area contributed by atoms with Crippen molar-refractivity contribution in [1.82, 2.24) is 10.6 Å². The van der Waals surface area contributed by atoms with Crippen LogP contribution >= 0.6 is 0 Å². The Hall–Kier alpha value is -0.980. The summed E-state index contributed by atoms with van der Waals surface area (Å²) in [5.41, 5.74) is 0. The zero-order valence-corrected chi connectivity index (χ0v) is 6.06. The maximum atomic E-state index is 11.4. The van der Waals surface area contributed by atoms with Gasteiger partial charge in [0.1, 0.15) is 0 Å². The van der Waals surface area contributed by atoms with Crippen LogP contribution < -0.4 is 10.6 Å². The van der Waals surface area contributed by atoms with Crippen LogP contribution in [-0.4, -0.2) is 30.6 Å². The molecule has 0 aliphatic rings. The summed E-state index contributed by atoms with van der Waals surface area (Å²) >= 11 is 0. The molecule has 7 heteroatoms. The topological polar surface area (TPSA) is 63.4 Å². The van der Waals surface area contributed by atoms with Crippen molar-refractivity contribution in [2.24, 2.45) is 0 Å². The van der Waals surface area contributed by atoms with Crippen LogP contribution in [0.1, 0.15) is 6.42 Å². The van der Waals surface area contributed by atoms with Gasteiger partial charge in [-0.25, -0.2) is 15.4 Å². The van der Waals surface area contributed by atoms with Crippen molar-refractivity contribution >= 4 is 6.03 Å². The van der Waals surface area contributed by atoms with E-state index in [9.17, 15) is 18.0 Å². The number of nitrogens with zero attached hydrogens (tertiary/aromatic N) is 1. The van der Waals surface area contributed by atoms with Gasteiger partial charge in [-0.15, -0.1) is 0 Å². The number of hydrogen-bond donors (Lipinski definition) is 2. The Morgan fingerprint density at radius 3 is 2.50 bits per heavy atom. The molecule has 71 valence electrons. The van der Waals surface area contributed by atoms with Crippen LogP contribution in [-0.2, 0) is 0 Å². The first-order valence-corrected chi connectivity index (χ1v) is 3.13. The minimum Gasteiger partial charge on any atom is -0.396 e. The van der Waals surface area contributed by atoms with Gasteiger partial charge in [0.05, 0.1) is 0 Å². The van der Waals surface area contributed by atoms with Crippen LogP contribution in [0, 0.1) is 0 Å². The highest BCUT2D eigenvalue weighted by molar-refractivity contribution is 5.73. The number of aliphatic hydroxyl groups is 1. The second-order valence-corrected chi connectivity index (χ2v) is 1.89. The number of carbonyl (C=O) groups is 1. The van der Waals surface area contributed by atoms with Crippen LogP contribution in [0.3, 0.4) is 0 Å². The monoisotopic (exact) mass is 185 g/mol. The molecule has 0 saturated heterocycles. The number of aliphatic hydroxyl groups excluding tert-OH is 1. The maximum absolute atomic E-state index is 11.4. The molecule has 2 N–H and O–H groups in total. The number of alkyl halides is 3. The number of hydrogen-bond acceptors (Lipinski definition) is 2. The largest absolute Gasteiger partial charge is 0.486 e.